The maximum absolute atomic E-state index is 12.5. The van der Waals surface area contributed by atoms with Crippen LogP contribution in [0, 0.1) is 0 Å². The summed E-state index contributed by atoms with van der Waals surface area (Å²) in [5.41, 5.74) is 1.76. The standard InChI is InChI=1S/C21H21ClN2O4S/c1-26-17-8-13(9-18(27-2)20(17)28-3)10-19(25)24-21-23-12-15(29-21)11-14-6-4-5-7-16(14)22/h4-9,12H,10-11H2,1-3H3,(H,23,24,25). The summed E-state index contributed by atoms with van der Waals surface area (Å²) in [5, 5.41) is 4.10. The number of benzene rings is 2. The van der Waals surface area contributed by atoms with Crippen LogP contribution in [0.4, 0.5) is 5.13 Å². The van der Waals surface area contributed by atoms with E-state index in [0.717, 1.165) is 16.0 Å². The lowest BCUT2D eigenvalue weighted by Gasteiger charge is -2.13. The van der Waals surface area contributed by atoms with Crippen LogP contribution in [0.5, 0.6) is 17.2 Å². The molecule has 0 fully saturated rings. The van der Waals surface area contributed by atoms with Crippen LogP contribution < -0.4 is 19.5 Å². The SMILES string of the molecule is COc1cc(CC(=O)Nc2ncc(Cc3ccccc3Cl)s2)cc(OC)c1OC. The van der Waals surface area contributed by atoms with Crippen molar-refractivity contribution in [2.45, 2.75) is 12.8 Å². The van der Waals surface area contributed by atoms with Gasteiger partial charge in [-0.3, -0.25) is 4.79 Å². The zero-order valence-electron chi connectivity index (χ0n) is 16.3. The Balaban J connectivity index is 1.67. The van der Waals surface area contributed by atoms with Gasteiger partial charge in [-0.05, 0) is 29.3 Å². The zero-order valence-corrected chi connectivity index (χ0v) is 17.9. The third-order valence-corrected chi connectivity index (χ3v) is 5.49. The molecule has 3 aromatic rings. The van der Waals surface area contributed by atoms with E-state index >= 15 is 0 Å². The quantitative estimate of drug-likeness (QED) is 0.563. The second-order valence-electron chi connectivity index (χ2n) is 6.16. The summed E-state index contributed by atoms with van der Waals surface area (Å²) in [6.45, 7) is 0. The van der Waals surface area contributed by atoms with Crippen molar-refractivity contribution in [3.05, 3.63) is 63.6 Å². The molecule has 0 radical (unpaired) electrons. The molecule has 152 valence electrons. The van der Waals surface area contributed by atoms with E-state index < -0.39 is 0 Å². The monoisotopic (exact) mass is 432 g/mol. The lowest BCUT2D eigenvalue weighted by Crippen LogP contribution is -2.14. The van der Waals surface area contributed by atoms with Gasteiger partial charge in [0.1, 0.15) is 0 Å². The molecule has 8 heteroatoms. The summed E-state index contributed by atoms with van der Waals surface area (Å²) in [4.78, 5) is 17.8. The summed E-state index contributed by atoms with van der Waals surface area (Å²) in [5.74, 6) is 1.32. The number of nitrogens with one attached hydrogen (secondary N) is 1. The predicted molar refractivity (Wildman–Crippen MR) is 115 cm³/mol. The molecule has 0 aliphatic heterocycles. The maximum Gasteiger partial charge on any atom is 0.230 e. The Morgan fingerprint density at radius 1 is 1.10 bits per heavy atom. The fourth-order valence-electron chi connectivity index (χ4n) is 2.86. The number of methoxy groups -OCH3 is 3. The molecule has 0 spiro atoms. The Kier molecular flexibility index (Phi) is 6.95. The number of hydrogen-bond acceptors (Lipinski definition) is 6. The van der Waals surface area contributed by atoms with Gasteiger partial charge in [0.05, 0.1) is 27.8 Å². The Morgan fingerprint density at radius 2 is 1.79 bits per heavy atom. The second-order valence-corrected chi connectivity index (χ2v) is 7.68. The molecule has 1 heterocycles. The molecular formula is C21H21ClN2O4S. The number of hydrogen-bond donors (Lipinski definition) is 1. The minimum Gasteiger partial charge on any atom is -0.493 e. The molecule has 2 aromatic carbocycles. The van der Waals surface area contributed by atoms with Crippen LogP contribution in [0.15, 0.2) is 42.6 Å². The summed E-state index contributed by atoms with van der Waals surface area (Å²) in [6, 6.07) is 11.2. The Hall–Kier alpha value is -2.77. The number of carbonyl (C=O) groups is 1. The number of nitrogens with zero attached hydrogens (tertiary/aromatic N) is 1. The molecule has 3 rings (SSSR count). The van der Waals surface area contributed by atoms with E-state index in [4.69, 9.17) is 25.8 Å². The van der Waals surface area contributed by atoms with E-state index in [-0.39, 0.29) is 12.3 Å². The number of amides is 1. The van der Waals surface area contributed by atoms with Crippen LogP contribution in [0.1, 0.15) is 16.0 Å². The Labute approximate surface area is 178 Å². The van der Waals surface area contributed by atoms with Gasteiger partial charge in [-0.2, -0.15) is 0 Å². The van der Waals surface area contributed by atoms with Gasteiger partial charge in [0.2, 0.25) is 11.7 Å². The molecular weight excluding hydrogens is 412 g/mol. The second kappa shape index (κ2) is 9.62. The Morgan fingerprint density at radius 3 is 2.41 bits per heavy atom. The molecule has 0 bridgehead atoms. The van der Waals surface area contributed by atoms with Crippen molar-refractivity contribution in [1.29, 1.82) is 0 Å². The van der Waals surface area contributed by atoms with Crippen LogP contribution in [-0.2, 0) is 17.6 Å². The van der Waals surface area contributed by atoms with Crippen molar-refractivity contribution < 1.29 is 19.0 Å². The zero-order chi connectivity index (χ0) is 20.8. The molecule has 1 N–H and O–H groups in total. The molecule has 6 nitrogen and oxygen atoms in total. The molecule has 0 aliphatic rings. The van der Waals surface area contributed by atoms with E-state index in [1.807, 2.05) is 24.3 Å². The summed E-state index contributed by atoms with van der Waals surface area (Å²) >= 11 is 7.64. The predicted octanol–water partition coefficient (Wildman–Crippen LogP) is 4.59. The molecule has 0 aliphatic carbocycles. The number of aromatic nitrogens is 1. The molecule has 0 saturated carbocycles. The van der Waals surface area contributed by atoms with E-state index in [0.29, 0.717) is 33.8 Å². The summed E-state index contributed by atoms with van der Waals surface area (Å²) < 4.78 is 16.0. The van der Waals surface area contributed by atoms with Gasteiger partial charge < -0.3 is 19.5 Å². The topological polar surface area (TPSA) is 69.7 Å². The average molecular weight is 433 g/mol. The first-order chi connectivity index (χ1) is 14.0. The Bertz CT molecular complexity index is 981. The average Bonchev–Trinajstić information content (AvgIpc) is 3.15. The fourth-order valence-corrected chi connectivity index (χ4v) is 3.92. The third-order valence-electron chi connectivity index (χ3n) is 4.21. The fraction of sp³-hybridized carbons (Fsp3) is 0.238. The van der Waals surface area contributed by atoms with Gasteiger partial charge in [0.25, 0.3) is 0 Å². The van der Waals surface area contributed by atoms with E-state index in [2.05, 4.69) is 10.3 Å². The lowest BCUT2D eigenvalue weighted by atomic mass is 10.1. The highest BCUT2D eigenvalue weighted by molar-refractivity contribution is 7.15. The lowest BCUT2D eigenvalue weighted by molar-refractivity contribution is -0.115. The minimum absolute atomic E-state index is 0.149. The molecule has 0 unspecified atom stereocenters. The number of carbonyl (C=O) groups excluding carboxylic acids is 1. The minimum atomic E-state index is -0.182. The van der Waals surface area contributed by atoms with Crippen LogP contribution in [0.3, 0.4) is 0 Å². The first-order valence-corrected chi connectivity index (χ1v) is 10.00. The van der Waals surface area contributed by atoms with Crippen LogP contribution in [0.2, 0.25) is 5.02 Å². The first-order valence-electron chi connectivity index (χ1n) is 8.81. The smallest absolute Gasteiger partial charge is 0.230 e. The first kappa shape index (κ1) is 21.0. The number of halogens is 1. The van der Waals surface area contributed by atoms with Crippen molar-refractivity contribution in [3.8, 4) is 17.2 Å². The number of rotatable bonds is 8. The van der Waals surface area contributed by atoms with Gasteiger partial charge in [-0.25, -0.2) is 4.98 Å². The summed E-state index contributed by atoms with van der Waals surface area (Å²) in [6.07, 6.45) is 2.57. The van der Waals surface area contributed by atoms with Crippen LogP contribution in [0.25, 0.3) is 0 Å². The van der Waals surface area contributed by atoms with Crippen molar-refractivity contribution >= 4 is 34.0 Å². The molecule has 1 aromatic heterocycles. The molecule has 0 saturated heterocycles. The van der Waals surface area contributed by atoms with Crippen molar-refractivity contribution in [2.24, 2.45) is 0 Å². The highest BCUT2D eigenvalue weighted by Gasteiger charge is 2.16. The molecule has 0 atom stereocenters. The van der Waals surface area contributed by atoms with Gasteiger partial charge in [0, 0.05) is 22.5 Å². The van der Waals surface area contributed by atoms with Gasteiger partial charge >= 0.3 is 0 Å². The summed E-state index contributed by atoms with van der Waals surface area (Å²) in [7, 11) is 4.61. The van der Waals surface area contributed by atoms with Crippen molar-refractivity contribution in [1.82, 2.24) is 4.98 Å². The third kappa shape index (κ3) is 5.19. The van der Waals surface area contributed by atoms with E-state index in [1.54, 1.807) is 18.3 Å². The highest BCUT2D eigenvalue weighted by Crippen LogP contribution is 2.38. The number of anilines is 1. The van der Waals surface area contributed by atoms with Crippen LogP contribution >= 0.6 is 22.9 Å². The normalized spacial score (nSPS) is 10.5. The molecule has 1 amide bonds. The van der Waals surface area contributed by atoms with Crippen LogP contribution in [-0.4, -0.2) is 32.2 Å². The van der Waals surface area contributed by atoms with E-state index in [9.17, 15) is 4.79 Å². The largest absolute Gasteiger partial charge is 0.493 e. The molecule has 29 heavy (non-hydrogen) atoms. The van der Waals surface area contributed by atoms with E-state index in [1.165, 1.54) is 32.7 Å². The number of ether oxygens (including phenoxy) is 3. The van der Waals surface area contributed by atoms with Gasteiger partial charge in [-0.1, -0.05) is 29.8 Å². The number of thiazole rings is 1. The van der Waals surface area contributed by atoms with Gasteiger partial charge in [0.15, 0.2) is 16.6 Å². The van der Waals surface area contributed by atoms with Crippen molar-refractivity contribution in [2.75, 3.05) is 26.6 Å². The van der Waals surface area contributed by atoms with Crippen molar-refractivity contribution in [3.63, 3.8) is 0 Å². The highest BCUT2D eigenvalue weighted by atomic mass is 35.5. The van der Waals surface area contributed by atoms with Gasteiger partial charge in [-0.15, -0.1) is 11.3 Å². The maximum atomic E-state index is 12.5.